The molecular weight excluding hydrogens is 495 g/mol. The Kier molecular flexibility index (Phi) is 10.7. The van der Waals surface area contributed by atoms with E-state index < -0.39 is 0 Å². The molecule has 2 aromatic rings. The van der Waals surface area contributed by atoms with E-state index in [2.05, 4.69) is 20.9 Å². The van der Waals surface area contributed by atoms with Crippen molar-refractivity contribution in [3.8, 4) is 0 Å². The Morgan fingerprint density at radius 1 is 1.23 bits per heavy atom. The minimum absolute atomic E-state index is 0. The third kappa shape index (κ3) is 8.74. The van der Waals surface area contributed by atoms with E-state index in [9.17, 15) is 4.79 Å². The Morgan fingerprint density at radius 3 is 2.83 bits per heavy atom. The van der Waals surface area contributed by atoms with Crippen molar-refractivity contribution in [2.75, 3.05) is 31.6 Å². The lowest BCUT2D eigenvalue weighted by atomic mass is 10.2. The Balaban J connectivity index is 0.00000320. The molecule has 0 saturated heterocycles. The number of halogens is 1. The molecule has 7 nitrogen and oxygen atoms in total. The highest BCUT2D eigenvalue weighted by Crippen LogP contribution is 2.28. The number of amides is 1. The predicted octanol–water partition coefficient (Wildman–Crippen LogP) is 4.02. The van der Waals surface area contributed by atoms with E-state index >= 15 is 0 Å². The predicted molar refractivity (Wildman–Crippen MR) is 129 cm³/mol. The van der Waals surface area contributed by atoms with Gasteiger partial charge in [-0.2, -0.15) is 0 Å². The van der Waals surface area contributed by atoms with Gasteiger partial charge in [-0.3, -0.25) is 4.79 Å². The summed E-state index contributed by atoms with van der Waals surface area (Å²) < 4.78 is 10.8. The smallest absolute Gasteiger partial charge is 0.291 e. The maximum absolute atomic E-state index is 12.1. The topological polar surface area (TPSA) is 87.9 Å². The van der Waals surface area contributed by atoms with Gasteiger partial charge in [0.15, 0.2) is 11.7 Å². The van der Waals surface area contributed by atoms with Crippen LogP contribution in [0.15, 0.2) is 52.1 Å². The summed E-state index contributed by atoms with van der Waals surface area (Å²) in [5.74, 6) is 1.60. The van der Waals surface area contributed by atoms with Crippen LogP contribution < -0.4 is 16.0 Å². The molecule has 0 bridgehead atoms. The fourth-order valence-corrected chi connectivity index (χ4v) is 2.78. The summed E-state index contributed by atoms with van der Waals surface area (Å²) in [6.07, 6.45) is 5.08. The van der Waals surface area contributed by atoms with Crippen molar-refractivity contribution in [1.82, 2.24) is 10.6 Å². The monoisotopic (exact) mass is 526 g/mol. The molecule has 1 aliphatic rings. The Labute approximate surface area is 195 Å². The standard InChI is InChI=1S/C22H30N4O3.HI/c1-2-23-22(24-11-5-12-28-16-17-9-10-17)25-15-18-6-3-7-19(14-18)26-21(27)20-8-4-13-29-20;/h3-4,6-8,13-14,17H,2,5,9-12,15-16H2,1H3,(H,26,27)(H2,23,24,25);1H. The molecule has 164 valence electrons. The number of hydrogen-bond acceptors (Lipinski definition) is 4. The Hall–Kier alpha value is -2.07. The number of carbonyl (C=O) groups excluding carboxylic acids is 1. The van der Waals surface area contributed by atoms with Crippen molar-refractivity contribution < 1.29 is 13.9 Å². The first-order chi connectivity index (χ1) is 14.2. The Morgan fingerprint density at radius 2 is 2.10 bits per heavy atom. The highest BCUT2D eigenvalue weighted by molar-refractivity contribution is 14.0. The molecule has 1 aromatic carbocycles. The summed E-state index contributed by atoms with van der Waals surface area (Å²) in [6, 6.07) is 11.0. The highest BCUT2D eigenvalue weighted by Gasteiger charge is 2.20. The Bertz CT molecular complexity index is 791. The zero-order valence-electron chi connectivity index (χ0n) is 17.4. The van der Waals surface area contributed by atoms with Crippen molar-refractivity contribution >= 4 is 41.5 Å². The molecule has 1 heterocycles. The maximum Gasteiger partial charge on any atom is 0.291 e. The van der Waals surface area contributed by atoms with E-state index in [4.69, 9.17) is 9.15 Å². The third-order valence-corrected chi connectivity index (χ3v) is 4.50. The second-order valence-corrected chi connectivity index (χ2v) is 7.13. The van der Waals surface area contributed by atoms with Crippen molar-refractivity contribution in [3.63, 3.8) is 0 Å². The number of rotatable bonds is 11. The molecule has 0 radical (unpaired) electrons. The highest BCUT2D eigenvalue weighted by atomic mass is 127. The van der Waals surface area contributed by atoms with Crippen LogP contribution in [0.1, 0.15) is 42.3 Å². The molecule has 8 heteroatoms. The van der Waals surface area contributed by atoms with Gasteiger partial charge in [-0.05, 0) is 61.9 Å². The number of aliphatic imine (C=N–C) groups is 1. The van der Waals surface area contributed by atoms with Gasteiger partial charge in [-0.1, -0.05) is 12.1 Å². The zero-order valence-corrected chi connectivity index (χ0v) is 19.7. The van der Waals surface area contributed by atoms with Gasteiger partial charge < -0.3 is 25.1 Å². The van der Waals surface area contributed by atoms with Crippen LogP contribution in [-0.2, 0) is 11.3 Å². The first-order valence-electron chi connectivity index (χ1n) is 10.3. The number of anilines is 1. The fraction of sp³-hybridized carbons (Fsp3) is 0.455. The first kappa shape index (κ1) is 24.2. The van der Waals surface area contributed by atoms with Crippen LogP contribution in [0.4, 0.5) is 5.69 Å². The SMILES string of the molecule is CCNC(=NCc1cccc(NC(=O)c2ccco2)c1)NCCCOCC1CC1.I. The van der Waals surface area contributed by atoms with E-state index in [-0.39, 0.29) is 35.6 Å². The minimum atomic E-state index is -0.269. The number of hydrogen-bond donors (Lipinski definition) is 3. The normalized spacial score (nSPS) is 13.4. The molecule has 3 rings (SSSR count). The van der Waals surface area contributed by atoms with Gasteiger partial charge in [0, 0.05) is 32.0 Å². The van der Waals surface area contributed by atoms with Gasteiger partial charge in [0.05, 0.1) is 12.8 Å². The molecule has 0 unspecified atom stereocenters. The van der Waals surface area contributed by atoms with Crippen molar-refractivity contribution in [2.24, 2.45) is 10.9 Å². The number of nitrogens with zero attached hydrogens (tertiary/aromatic N) is 1. The summed E-state index contributed by atoms with van der Waals surface area (Å²) >= 11 is 0. The van der Waals surface area contributed by atoms with Gasteiger partial charge in [0.1, 0.15) is 0 Å². The van der Waals surface area contributed by atoms with Crippen molar-refractivity contribution in [1.29, 1.82) is 0 Å². The molecule has 1 aromatic heterocycles. The molecule has 1 fully saturated rings. The molecular formula is C22H31IN4O3. The molecule has 1 aliphatic carbocycles. The molecule has 1 amide bonds. The van der Waals surface area contributed by atoms with Gasteiger partial charge in [0.2, 0.25) is 0 Å². The molecule has 0 aliphatic heterocycles. The van der Waals surface area contributed by atoms with E-state index in [1.807, 2.05) is 31.2 Å². The summed E-state index contributed by atoms with van der Waals surface area (Å²) in [6.45, 7) is 5.85. The number of carbonyl (C=O) groups is 1. The minimum Gasteiger partial charge on any atom is -0.459 e. The largest absolute Gasteiger partial charge is 0.459 e. The molecule has 3 N–H and O–H groups in total. The number of furan rings is 1. The van der Waals surface area contributed by atoms with Gasteiger partial charge in [-0.25, -0.2) is 4.99 Å². The van der Waals surface area contributed by atoms with Gasteiger partial charge >= 0.3 is 0 Å². The van der Waals surface area contributed by atoms with Gasteiger partial charge in [-0.15, -0.1) is 24.0 Å². The number of ether oxygens (including phenoxy) is 1. The molecule has 0 atom stereocenters. The summed E-state index contributed by atoms with van der Waals surface area (Å²) in [7, 11) is 0. The van der Waals surface area contributed by atoms with Crippen LogP contribution >= 0.6 is 24.0 Å². The quantitative estimate of drug-likeness (QED) is 0.178. The zero-order chi connectivity index (χ0) is 20.3. The van der Waals surface area contributed by atoms with Crippen LogP contribution in [-0.4, -0.2) is 38.2 Å². The average molecular weight is 526 g/mol. The lowest BCUT2D eigenvalue weighted by Gasteiger charge is -2.12. The van der Waals surface area contributed by atoms with Crippen LogP contribution in [0.3, 0.4) is 0 Å². The number of nitrogens with one attached hydrogen (secondary N) is 3. The average Bonchev–Trinajstić information content (AvgIpc) is 3.38. The van der Waals surface area contributed by atoms with Crippen LogP contribution in [0, 0.1) is 5.92 Å². The van der Waals surface area contributed by atoms with Gasteiger partial charge in [0.25, 0.3) is 5.91 Å². The fourth-order valence-electron chi connectivity index (χ4n) is 2.78. The molecule has 30 heavy (non-hydrogen) atoms. The maximum atomic E-state index is 12.1. The first-order valence-corrected chi connectivity index (χ1v) is 10.3. The number of guanidine groups is 1. The van der Waals surface area contributed by atoms with Crippen molar-refractivity contribution in [3.05, 3.63) is 54.0 Å². The summed E-state index contributed by atoms with van der Waals surface area (Å²) in [5, 5.41) is 9.43. The lowest BCUT2D eigenvalue weighted by molar-refractivity contribution is 0.0996. The van der Waals surface area contributed by atoms with E-state index in [0.29, 0.717) is 12.2 Å². The van der Waals surface area contributed by atoms with Crippen molar-refractivity contribution in [2.45, 2.75) is 32.7 Å². The number of benzene rings is 1. The van der Waals surface area contributed by atoms with E-state index in [0.717, 1.165) is 50.2 Å². The van der Waals surface area contributed by atoms with Crippen LogP contribution in [0.2, 0.25) is 0 Å². The van der Waals surface area contributed by atoms with Crippen LogP contribution in [0.5, 0.6) is 0 Å². The summed E-state index contributed by atoms with van der Waals surface area (Å²) in [4.78, 5) is 16.7. The third-order valence-electron chi connectivity index (χ3n) is 4.50. The second kappa shape index (κ2) is 13.3. The lowest BCUT2D eigenvalue weighted by Crippen LogP contribution is -2.38. The summed E-state index contributed by atoms with van der Waals surface area (Å²) in [5.41, 5.74) is 1.72. The molecule has 1 saturated carbocycles. The van der Waals surface area contributed by atoms with E-state index in [1.54, 1.807) is 12.1 Å². The molecule has 0 spiro atoms. The van der Waals surface area contributed by atoms with Crippen LogP contribution in [0.25, 0.3) is 0 Å². The second-order valence-electron chi connectivity index (χ2n) is 7.13. The van der Waals surface area contributed by atoms with E-state index in [1.165, 1.54) is 19.1 Å².